The Morgan fingerprint density at radius 1 is 1.00 bits per heavy atom. The van der Waals surface area contributed by atoms with Crippen molar-refractivity contribution in [3.63, 3.8) is 0 Å². The van der Waals surface area contributed by atoms with Crippen molar-refractivity contribution in [2.24, 2.45) is 0 Å². The number of nitrogens with one attached hydrogen (secondary N) is 1. The van der Waals surface area contributed by atoms with Gasteiger partial charge in [0, 0.05) is 44.1 Å². The van der Waals surface area contributed by atoms with Gasteiger partial charge < -0.3 is 16.0 Å². The number of nitrogens with two attached hydrogens (primary N) is 1. The highest BCUT2D eigenvalue weighted by Crippen LogP contribution is 2.16. The van der Waals surface area contributed by atoms with Crippen molar-refractivity contribution in [3.8, 4) is 0 Å². The van der Waals surface area contributed by atoms with Crippen molar-refractivity contribution in [1.82, 2.24) is 9.80 Å². The third kappa shape index (κ3) is 4.59. The number of likely N-dealkylation sites (N-methyl/N-ethyl adjacent to an activating group) is 1. The molecule has 0 aromatic heterocycles. The average molecular weight is 338 g/mol. The van der Waals surface area contributed by atoms with Crippen LogP contribution in [0, 0.1) is 0 Å². The van der Waals surface area contributed by atoms with Crippen LogP contribution in [0.1, 0.15) is 22.8 Å². The van der Waals surface area contributed by atoms with E-state index in [0.717, 1.165) is 45.0 Å². The Bertz CT molecular complexity index is 706. The van der Waals surface area contributed by atoms with E-state index in [-0.39, 0.29) is 5.91 Å². The lowest BCUT2D eigenvalue weighted by Gasteiger charge is -2.34. The number of carbonyl (C=O) groups is 1. The van der Waals surface area contributed by atoms with Crippen LogP contribution < -0.4 is 11.1 Å². The summed E-state index contributed by atoms with van der Waals surface area (Å²) in [4.78, 5) is 17.2. The molecule has 5 nitrogen and oxygen atoms in total. The SMILES string of the molecule is CCN1CCN(Cc2ccc(NC(=O)c3ccccc3N)cc2)CC1. The van der Waals surface area contributed by atoms with E-state index < -0.39 is 0 Å². The summed E-state index contributed by atoms with van der Waals surface area (Å²) in [7, 11) is 0. The fourth-order valence-electron chi connectivity index (χ4n) is 3.12. The van der Waals surface area contributed by atoms with E-state index in [1.54, 1.807) is 12.1 Å². The summed E-state index contributed by atoms with van der Waals surface area (Å²) in [6, 6.07) is 15.2. The van der Waals surface area contributed by atoms with Gasteiger partial charge in [-0.1, -0.05) is 31.2 Å². The van der Waals surface area contributed by atoms with E-state index in [4.69, 9.17) is 5.73 Å². The molecule has 0 spiro atoms. The lowest BCUT2D eigenvalue weighted by atomic mass is 10.1. The molecule has 3 N–H and O–H groups in total. The molecular formula is C20H26N4O. The van der Waals surface area contributed by atoms with Gasteiger partial charge in [-0.25, -0.2) is 0 Å². The third-order valence-electron chi connectivity index (χ3n) is 4.74. The minimum absolute atomic E-state index is 0.179. The zero-order valence-electron chi connectivity index (χ0n) is 14.7. The Morgan fingerprint density at radius 2 is 1.64 bits per heavy atom. The first kappa shape index (κ1) is 17.5. The molecule has 25 heavy (non-hydrogen) atoms. The number of para-hydroxylation sites is 1. The van der Waals surface area contributed by atoms with Gasteiger partial charge in [0.2, 0.25) is 0 Å². The van der Waals surface area contributed by atoms with Crippen LogP contribution in [0.2, 0.25) is 0 Å². The zero-order chi connectivity index (χ0) is 17.6. The number of anilines is 2. The van der Waals surface area contributed by atoms with Gasteiger partial charge in [0.1, 0.15) is 0 Å². The highest BCUT2D eigenvalue weighted by Gasteiger charge is 2.15. The van der Waals surface area contributed by atoms with Crippen molar-refractivity contribution in [1.29, 1.82) is 0 Å². The topological polar surface area (TPSA) is 61.6 Å². The largest absolute Gasteiger partial charge is 0.398 e. The molecule has 1 fully saturated rings. The molecule has 0 bridgehead atoms. The Hall–Kier alpha value is -2.37. The summed E-state index contributed by atoms with van der Waals surface area (Å²) in [6.07, 6.45) is 0. The maximum atomic E-state index is 12.3. The molecule has 1 aliphatic heterocycles. The average Bonchev–Trinajstić information content (AvgIpc) is 2.64. The van der Waals surface area contributed by atoms with Crippen LogP contribution in [-0.2, 0) is 6.54 Å². The predicted molar refractivity (Wildman–Crippen MR) is 103 cm³/mol. The molecule has 1 amide bonds. The van der Waals surface area contributed by atoms with E-state index >= 15 is 0 Å². The fraction of sp³-hybridized carbons (Fsp3) is 0.350. The molecule has 2 aromatic carbocycles. The van der Waals surface area contributed by atoms with Gasteiger partial charge in [-0.05, 0) is 36.4 Å². The number of nitrogens with zero attached hydrogens (tertiary/aromatic N) is 2. The summed E-state index contributed by atoms with van der Waals surface area (Å²) >= 11 is 0. The fourth-order valence-corrected chi connectivity index (χ4v) is 3.12. The molecule has 2 aromatic rings. The Morgan fingerprint density at radius 3 is 2.28 bits per heavy atom. The van der Waals surface area contributed by atoms with Crippen molar-refractivity contribution < 1.29 is 4.79 Å². The van der Waals surface area contributed by atoms with Gasteiger partial charge in [-0.2, -0.15) is 0 Å². The van der Waals surface area contributed by atoms with Crippen LogP contribution in [-0.4, -0.2) is 48.4 Å². The maximum Gasteiger partial charge on any atom is 0.257 e. The quantitative estimate of drug-likeness (QED) is 0.823. The van der Waals surface area contributed by atoms with Crippen LogP contribution in [0.25, 0.3) is 0 Å². The van der Waals surface area contributed by atoms with E-state index in [1.807, 2.05) is 24.3 Å². The molecule has 132 valence electrons. The summed E-state index contributed by atoms with van der Waals surface area (Å²) in [5.41, 5.74) is 8.89. The highest BCUT2D eigenvalue weighted by atomic mass is 16.1. The second-order valence-electron chi connectivity index (χ2n) is 6.45. The van der Waals surface area contributed by atoms with Crippen LogP contribution in [0.4, 0.5) is 11.4 Å². The van der Waals surface area contributed by atoms with E-state index in [0.29, 0.717) is 11.3 Å². The normalized spacial score (nSPS) is 15.9. The lowest BCUT2D eigenvalue weighted by Crippen LogP contribution is -2.45. The van der Waals surface area contributed by atoms with Crippen molar-refractivity contribution in [2.45, 2.75) is 13.5 Å². The first-order valence-corrected chi connectivity index (χ1v) is 8.85. The van der Waals surface area contributed by atoms with E-state index in [2.05, 4.69) is 34.2 Å². The molecule has 1 saturated heterocycles. The Balaban J connectivity index is 1.56. The molecular weight excluding hydrogens is 312 g/mol. The molecule has 1 heterocycles. The van der Waals surface area contributed by atoms with Crippen LogP contribution in [0.5, 0.6) is 0 Å². The summed E-state index contributed by atoms with van der Waals surface area (Å²) < 4.78 is 0. The number of hydrogen-bond acceptors (Lipinski definition) is 4. The molecule has 0 radical (unpaired) electrons. The number of hydrogen-bond donors (Lipinski definition) is 2. The second-order valence-corrected chi connectivity index (χ2v) is 6.45. The van der Waals surface area contributed by atoms with E-state index in [1.165, 1.54) is 5.56 Å². The van der Waals surface area contributed by atoms with E-state index in [9.17, 15) is 4.79 Å². The maximum absolute atomic E-state index is 12.3. The molecule has 5 heteroatoms. The smallest absolute Gasteiger partial charge is 0.257 e. The number of amides is 1. The lowest BCUT2D eigenvalue weighted by molar-refractivity contribution is 0.102. The number of carbonyl (C=O) groups excluding carboxylic acids is 1. The molecule has 0 saturated carbocycles. The van der Waals surface area contributed by atoms with Gasteiger partial charge in [0.05, 0.1) is 5.56 Å². The second kappa shape index (κ2) is 8.14. The summed E-state index contributed by atoms with van der Waals surface area (Å²) in [6.45, 7) is 8.81. The van der Waals surface area contributed by atoms with Crippen LogP contribution in [0.15, 0.2) is 48.5 Å². The van der Waals surface area contributed by atoms with Crippen molar-refractivity contribution >= 4 is 17.3 Å². The molecule has 0 atom stereocenters. The number of benzene rings is 2. The standard InChI is InChI=1S/C20H26N4O/c1-2-23-11-13-24(14-12-23)15-16-7-9-17(10-8-16)22-20(25)18-5-3-4-6-19(18)21/h3-10H,2,11-15,21H2,1H3,(H,22,25). The highest BCUT2D eigenvalue weighted by molar-refractivity contribution is 6.07. The molecule has 0 aliphatic carbocycles. The first-order chi connectivity index (χ1) is 12.2. The van der Waals surface area contributed by atoms with Gasteiger partial charge in [0.25, 0.3) is 5.91 Å². The Labute approximate surface area is 149 Å². The minimum atomic E-state index is -0.179. The minimum Gasteiger partial charge on any atom is -0.398 e. The first-order valence-electron chi connectivity index (χ1n) is 8.85. The Kier molecular flexibility index (Phi) is 5.68. The molecule has 3 rings (SSSR count). The number of nitrogen functional groups attached to an aromatic ring is 1. The molecule has 0 unspecified atom stereocenters. The van der Waals surface area contributed by atoms with Gasteiger partial charge in [-0.3, -0.25) is 9.69 Å². The number of rotatable bonds is 5. The number of piperazine rings is 1. The van der Waals surface area contributed by atoms with Crippen molar-refractivity contribution in [2.75, 3.05) is 43.8 Å². The van der Waals surface area contributed by atoms with Crippen LogP contribution in [0.3, 0.4) is 0 Å². The summed E-state index contributed by atoms with van der Waals surface area (Å²) in [5.74, 6) is -0.179. The van der Waals surface area contributed by atoms with Crippen molar-refractivity contribution in [3.05, 3.63) is 59.7 Å². The third-order valence-corrected chi connectivity index (χ3v) is 4.74. The monoisotopic (exact) mass is 338 g/mol. The van der Waals surface area contributed by atoms with Gasteiger partial charge in [0.15, 0.2) is 0 Å². The zero-order valence-corrected chi connectivity index (χ0v) is 14.7. The summed E-state index contributed by atoms with van der Waals surface area (Å²) in [5, 5.41) is 2.90. The molecule has 1 aliphatic rings. The van der Waals surface area contributed by atoms with Gasteiger partial charge >= 0.3 is 0 Å². The predicted octanol–water partition coefficient (Wildman–Crippen LogP) is 2.66. The van der Waals surface area contributed by atoms with Crippen LogP contribution >= 0.6 is 0 Å². The van der Waals surface area contributed by atoms with Gasteiger partial charge in [-0.15, -0.1) is 0 Å².